The predicted octanol–water partition coefficient (Wildman–Crippen LogP) is 3.35. The number of aryl methyl sites for hydroxylation is 1. The van der Waals surface area contributed by atoms with Gasteiger partial charge in [-0.25, -0.2) is 13.8 Å². The molecule has 0 saturated carbocycles. The van der Waals surface area contributed by atoms with E-state index < -0.39 is 11.6 Å². The molecule has 20 heavy (non-hydrogen) atoms. The van der Waals surface area contributed by atoms with E-state index in [0.29, 0.717) is 12.0 Å². The Morgan fingerprint density at radius 3 is 2.75 bits per heavy atom. The summed E-state index contributed by atoms with van der Waals surface area (Å²) in [7, 11) is 1.91. The van der Waals surface area contributed by atoms with Crippen LogP contribution in [0.4, 0.5) is 8.78 Å². The first kappa shape index (κ1) is 15.1. The predicted molar refractivity (Wildman–Crippen MR) is 77.4 cm³/mol. The number of hydrogen-bond donors (Lipinski definition) is 1. The van der Waals surface area contributed by atoms with E-state index in [1.807, 2.05) is 24.7 Å². The van der Waals surface area contributed by atoms with Crippen molar-refractivity contribution >= 4 is 15.9 Å². The fraction of sp³-hybridized carbons (Fsp3) is 0.357. The molecule has 2 aromatic rings. The van der Waals surface area contributed by atoms with Crippen molar-refractivity contribution in [2.75, 3.05) is 6.54 Å². The SMILES string of the molecule is CCNC(Cc1nccn1C)c1ccc(F)c(F)c1Br. The summed E-state index contributed by atoms with van der Waals surface area (Å²) >= 11 is 3.14. The van der Waals surface area contributed by atoms with Gasteiger partial charge in [-0.05, 0) is 34.1 Å². The van der Waals surface area contributed by atoms with Gasteiger partial charge < -0.3 is 9.88 Å². The smallest absolute Gasteiger partial charge is 0.173 e. The minimum atomic E-state index is -0.856. The van der Waals surface area contributed by atoms with Crippen LogP contribution in [-0.4, -0.2) is 16.1 Å². The van der Waals surface area contributed by atoms with Gasteiger partial charge in [-0.3, -0.25) is 0 Å². The Morgan fingerprint density at radius 1 is 1.40 bits per heavy atom. The Morgan fingerprint density at radius 2 is 2.15 bits per heavy atom. The molecule has 0 fully saturated rings. The summed E-state index contributed by atoms with van der Waals surface area (Å²) in [4.78, 5) is 4.27. The van der Waals surface area contributed by atoms with E-state index in [0.717, 1.165) is 18.4 Å². The molecule has 1 atom stereocenters. The fourth-order valence-corrected chi connectivity index (χ4v) is 2.72. The van der Waals surface area contributed by atoms with Crippen molar-refractivity contribution in [3.63, 3.8) is 0 Å². The molecule has 1 heterocycles. The highest BCUT2D eigenvalue weighted by Gasteiger charge is 2.20. The van der Waals surface area contributed by atoms with Crippen LogP contribution in [0.25, 0.3) is 0 Å². The van der Waals surface area contributed by atoms with Gasteiger partial charge in [-0.15, -0.1) is 0 Å². The number of hydrogen-bond acceptors (Lipinski definition) is 2. The van der Waals surface area contributed by atoms with Crippen molar-refractivity contribution < 1.29 is 8.78 Å². The van der Waals surface area contributed by atoms with Crippen LogP contribution >= 0.6 is 15.9 Å². The maximum absolute atomic E-state index is 13.7. The van der Waals surface area contributed by atoms with E-state index in [4.69, 9.17) is 0 Å². The van der Waals surface area contributed by atoms with Gasteiger partial charge in [-0.1, -0.05) is 13.0 Å². The molecule has 108 valence electrons. The molecular weight excluding hydrogens is 328 g/mol. The molecule has 2 rings (SSSR count). The maximum Gasteiger partial charge on any atom is 0.173 e. The third-order valence-corrected chi connectivity index (χ3v) is 4.00. The van der Waals surface area contributed by atoms with E-state index in [1.54, 1.807) is 12.3 Å². The highest BCUT2D eigenvalue weighted by molar-refractivity contribution is 9.10. The van der Waals surface area contributed by atoms with E-state index in [2.05, 4.69) is 26.2 Å². The summed E-state index contributed by atoms with van der Waals surface area (Å²) in [5.74, 6) is -0.828. The van der Waals surface area contributed by atoms with Crippen molar-refractivity contribution in [2.45, 2.75) is 19.4 Å². The minimum absolute atomic E-state index is 0.134. The summed E-state index contributed by atoms with van der Waals surface area (Å²) in [5.41, 5.74) is 0.689. The van der Waals surface area contributed by atoms with Gasteiger partial charge in [0, 0.05) is 31.9 Å². The number of halogens is 3. The molecule has 1 aromatic heterocycles. The van der Waals surface area contributed by atoms with Gasteiger partial charge >= 0.3 is 0 Å². The lowest BCUT2D eigenvalue weighted by Crippen LogP contribution is -2.24. The van der Waals surface area contributed by atoms with Crippen LogP contribution < -0.4 is 5.32 Å². The van der Waals surface area contributed by atoms with E-state index in [9.17, 15) is 8.78 Å². The van der Waals surface area contributed by atoms with Crippen LogP contribution in [0.2, 0.25) is 0 Å². The second-order valence-corrected chi connectivity index (χ2v) is 5.33. The van der Waals surface area contributed by atoms with E-state index in [-0.39, 0.29) is 10.5 Å². The molecule has 1 aromatic carbocycles. The van der Waals surface area contributed by atoms with E-state index >= 15 is 0 Å². The van der Waals surface area contributed by atoms with Crippen molar-refractivity contribution in [3.8, 4) is 0 Å². The molecule has 0 spiro atoms. The fourth-order valence-electron chi connectivity index (χ4n) is 2.12. The third kappa shape index (κ3) is 3.07. The van der Waals surface area contributed by atoms with Crippen LogP contribution in [-0.2, 0) is 13.5 Å². The lowest BCUT2D eigenvalue weighted by molar-refractivity contribution is 0.487. The number of benzene rings is 1. The molecule has 0 aliphatic heterocycles. The monoisotopic (exact) mass is 343 g/mol. The molecule has 0 amide bonds. The third-order valence-electron chi connectivity index (χ3n) is 3.20. The van der Waals surface area contributed by atoms with E-state index in [1.165, 1.54) is 0 Å². The van der Waals surface area contributed by atoms with Gasteiger partial charge in [-0.2, -0.15) is 0 Å². The lowest BCUT2D eigenvalue weighted by atomic mass is 10.0. The van der Waals surface area contributed by atoms with Crippen molar-refractivity contribution in [2.24, 2.45) is 7.05 Å². The zero-order valence-electron chi connectivity index (χ0n) is 11.3. The quantitative estimate of drug-likeness (QED) is 0.843. The highest BCUT2D eigenvalue weighted by Crippen LogP contribution is 2.29. The number of likely N-dealkylation sites (N-methyl/N-ethyl adjacent to an activating group) is 1. The lowest BCUT2D eigenvalue weighted by Gasteiger charge is -2.20. The maximum atomic E-state index is 13.7. The zero-order chi connectivity index (χ0) is 14.7. The Kier molecular flexibility index (Phi) is 4.88. The molecule has 3 nitrogen and oxygen atoms in total. The molecule has 0 radical (unpaired) electrons. The first-order valence-corrected chi connectivity index (χ1v) is 7.16. The van der Waals surface area contributed by atoms with Crippen LogP contribution in [0.15, 0.2) is 29.0 Å². The molecule has 1 unspecified atom stereocenters. The van der Waals surface area contributed by atoms with Crippen LogP contribution in [0, 0.1) is 11.6 Å². The second-order valence-electron chi connectivity index (χ2n) is 4.53. The highest BCUT2D eigenvalue weighted by atomic mass is 79.9. The van der Waals surface area contributed by atoms with Crippen LogP contribution in [0.3, 0.4) is 0 Å². The Hall–Kier alpha value is -1.27. The normalized spacial score (nSPS) is 12.7. The second kappa shape index (κ2) is 6.45. The zero-order valence-corrected chi connectivity index (χ0v) is 12.9. The average Bonchev–Trinajstić information content (AvgIpc) is 2.82. The van der Waals surface area contributed by atoms with Crippen molar-refractivity contribution in [3.05, 3.63) is 52.0 Å². The van der Waals surface area contributed by atoms with Crippen molar-refractivity contribution in [1.29, 1.82) is 0 Å². The molecule has 0 aliphatic carbocycles. The number of rotatable bonds is 5. The summed E-state index contributed by atoms with van der Waals surface area (Å²) in [6.07, 6.45) is 4.18. The summed E-state index contributed by atoms with van der Waals surface area (Å²) in [6.45, 7) is 2.69. The molecule has 0 saturated heterocycles. The van der Waals surface area contributed by atoms with Gasteiger partial charge in [0.25, 0.3) is 0 Å². The molecule has 1 N–H and O–H groups in total. The summed E-state index contributed by atoms with van der Waals surface area (Å²) in [6, 6.07) is 2.61. The van der Waals surface area contributed by atoms with Gasteiger partial charge in [0.05, 0.1) is 4.47 Å². The van der Waals surface area contributed by atoms with Gasteiger partial charge in [0.2, 0.25) is 0 Å². The number of nitrogens with one attached hydrogen (secondary N) is 1. The van der Waals surface area contributed by atoms with Gasteiger partial charge in [0.15, 0.2) is 11.6 Å². The molecular formula is C14H16BrF2N3. The number of aromatic nitrogens is 2. The first-order valence-electron chi connectivity index (χ1n) is 6.37. The summed E-state index contributed by atoms with van der Waals surface area (Å²) in [5, 5.41) is 3.28. The largest absolute Gasteiger partial charge is 0.338 e. The van der Waals surface area contributed by atoms with Crippen molar-refractivity contribution in [1.82, 2.24) is 14.9 Å². The van der Waals surface area contributed by atoms with Gasteiger partial charge in [0.1, 0.15) is 5.82 Å². The number of nitrogens with zero attached hydrogens (tertiary/aromatic N) is 2. The molecule has 6 heteroatoms. The topological polar surface area (TPSA) is 29.9 Å². The first-order chi connectivity index (χ1) is 9.54. The average molecular weight is 344 g/mol. The van der Waals surface area contributed by atoms with Crippen LogP contribution in [0.1, 0.15) is 24.4 Å². The minimum Gasteiger partial charge on any atom is -0.338 e. The Balaban J connectivity index is 2.34. The number of imidazole rings is 1. The molecule has 0 aliphatic rings. The summed E-state index contributed by atoms with van der Waals surface area (Å²) < 4.78 is 29.0. The standard InChI is InChI=1S/C14H16BrF2N3/c1-3-18-11(8-12-19-6-7-20(12)2)9-4-5-10(16)14(17)13(9)15/h4-7,11,18H,3,8H2,1-2H3. The van der Waals surface area contributed by atoms with Crippen LogP contribution in [0.5, 0.6) is 0 Å². The Labute approximate surface area is 125 Å². The molecule has 0 bridgehead atoms. The Bertz CT molecular complexity index is 598.